The van der Waals surface area contributed by atoms with Gasteiger partial charge in [-0.15, -0.1) is 0 Å². The topological polar surface area (TPSA) is 36.9 Å². The predicted molar refractivity (Wildman–Crippen MR) is 169 cm³/mol. The van der Waals surface area contributed by atoms with E-state index in [0.29, 0.717) is 6.79 Å². The molecule has 0 aromatic carbocycles. The lowest BCUT2D eigenvalue weighted by molar-refractivity contribution is -0.148. The van der Waals surface area contributed by atoms with Crippen molar-refractivity contribution in [1.82, 2.24) is 0 Å². The lowest BCUT2D eigenvalue weighted by Gasteiger charge is -2.19. The van der Waals surface area contributed by atoms with Crippen molar-refractivity contribution in [2.45, 2.75) is 187 Å². The van der Waals surface area contributed by atoms with Gasteiger partial charge in [0, 0.05) is 20.3 Å². The molecule has 0 radical (unpaired) electrons. The molecule has 0 rings (SSSR count). The average molecular weight is 555 g/mol. The van der Waals surface area contributed by atoms with E-state index in [1.807, 2.05) is 0 Å². The molecule has 0 fully saturated rings. The molecule has 4 nitrogen and oxygen atoms in total. The van der Waals surface area contributed by atoms with Crippen molar-refractivity contribution in [2.24, 2.45) is 0 Å². The lowest BCUT2D eigenvalue weighted by Crippen LogP contribution is -2.19. The van der Waals surface area contributed by atoms with E-state index in [1.165, 1.54) is 154 Å². The van der Waals surface area contributed by atoms with E-state index in [4.69, 9.17) is 18.9 Å². The van der Waals surface area contributed by atoms with Gasteiger partial charge in [0.25, 0.3) is 0 Å². The smallest absolute Gasteiger partial charge is 0.187 e. The maximum absolute atomic E-state index is 6.19. The van der Waals surface area contributed by atoms with Crippen LogP contribution in [0.1, 0.15) is 181 Å². The molecule has 39 heavy (non-hydrogen) atoms. The third kappa shape index (κ3) is 33.5. The highest BCUT2D eigenvalue weighted by Gasteiger charge is 2.09. The summed E-state index contributed by atoms with van der Waals surface area (Å²) in [7, 11) is 1.65. The molecule has 4 heteroatoms. The Kier molecular flexibility index (Phi) is 34.9. The van der Waals surface area contributed by atoms with Crippen LogP contribution in [-0.4, -0.2) is 33.4 Å². The van der Waals surface area contributed by atoms with E-state index >= 15 is 0 Å². The molecule has 0 aromatic rings. The monoisotopic (exact) mass is 555 g/mol. The molecule has 0 saturated carbocycles. The predicted octanol–water partition coefficient (Wildman–Crippen LogP) is 11.7. The molecule has 0 saturated heterocycles. The molecule has 234 valence electrons. The number of rotatable bonds is 34. The molecular formula is C35H70O4. The van der Waals surface area contributed by atoms with Gasteiger partial charge in [0.15, 0.2) is 13.1 Å². The Morgan fingerprint density at radius 2 is 0.897 bits per heavy atom. The van der Waals surface area contributed by atoms with Crippen LogP contribution in [-0.2, 0) is 18.9 Å². The maximum Gasteiger partial charge on any atom is 0.187 e. The minimum absolute atomic E-state index is 0.0243. The molecule has 0 N–H and O–H groups in total. The zero-order valence-corrected chi connectivity index (χ0v) is 26.9. The van der Waals surface area contributed by atoms with Gasteiger partial charge in [-0.3, -0.25) is 0 Å². The summed E-state index contributed by atoms with van der Waals surface area (Å²) in [6, 6.07) is 0. The van der Waals surface area contributed by atoms with Crippen LogP contribution in [0.5, 0.6) is 0 Å². The Bertz CT molecular complexity index is 436. The summed E-state index contributed by atoms with van der Waals surface area (Å²) in [5.74, 6) is 0. The normalized spacial score (nSPS) is 11.8. The molecule has 0 atom stereocenters. The van der Waals surface area contributed by atoms with Crippen LogP contribution >= 0.6 is 0 Å². The van der Waals surface area contributed by atoms with Crippen LogP contribution in [0, 0.1) is 0 Å². The second-order valence-electron chi connectivity index (χ2n) is 11.5. The highest BCUT2D eigenvalue weighted by atomic mass is 16.7. The van der Waals surface area contributed by atoms with Crippen LogP contribution in [0.15, 0.2) is 12.3 Å². The molecule has 0 aliphatic heterocycles. The van der Waals surface area contributed by atoms with E-state index < -0.39 is 0 Å². The SMILES string of the molecule is CCCCCCCCOC(CCCCCCCCCCCCCCC=COCOC)OCCCCCCCC. The van der Waals surface area contributed by atoms with Crippen molar-refractivity contribution in [1.29, 1.82) is 0 Å². The van der Waals surface area contributed by atoms with Crippen LogP contribution in [0.4, 0.5) is 0 Å². The summed E-state index contributed by atoms with van der Waals surface area (Å²) in [4.78, 5) is 0. The van der Waals surface area contributed by atoms with E-state index in [2.05, 4.69) is 19.9 Å². The number of hydrogen-bond acceptors (Lipinski definition) is 4. The Hall–Kier alpha value is -0.580. The van der Waals surface area contributed by atoms with Crippen molar-refractivity contribution in [3.8, 4) is 0 Å². The summed E-state index contributed by atoms with van der Waals surface area (Å²) >= 11 is 0. The molecule has 0 aliphatic carbocycles. The van der Waals surface area contributed by atoms with E-state index in [9.17, 15) is 0 Å². The molecule has 0 amide bonds. The van der Waals surface area contributed by atoms with Gasteiger partial charge in [-0.2, -0.15) is 0 Å². The molecular weight excluding hydrogens is 484 g/mol. The van der Waals surface area contributed by atoms with Gasteiger partial charge in [0.05, 0.1) is 6.26 Å². The van der Waals surface area contributed by atoms with Crippen LogP contribution in [0.3, 0.4) is 0 Å². The Labute approximate surface area is 245 Å². The van der Waals surface area contributed by atoms with Crippen LogP contribution in [0.25, 0.3) is 0 Å². The molecule has 0 heterocycles. The largest absolute Gasteiger partial charge is 0.476 e. The van der Waals surface area contributed by atoms with Gasteiger partial charge in [-0.25, -0.2) is 0 Å². The third-order valence-corrected chi connectivity index (χ3v) is 7.54. The van der Waals surface area contributed by atoms with Gasteiger partial charge in [0.1, 0.15) is 0 Å². The summed E-state index contributed by atoms with van der Waals surface area (Å²) < 4.78 is 22.4. The molecule has 0 aliphatic rings. The Morgan fingerprint density at radius 3 is 1.36 bits per heavy atom. The van der Waals surface area contributed by atoms with Gasteiger partial charge >= 0.3 is 0 Å². The fourth-order valence-electron chi connectivity index (χ4n) is 4.99. The second-order valence-corrected chi connectivity index (χ2v) is 11.5. The quantitative estimate of drug-likeness (QED) is 0.0450. The Balaban J connectivity index is 3.68. The Morgan fingerprint density at radius 1 is 0.487 bits per heavy atom. The zero-order chi connectivity index (χ0) is 28.3. The van der Waals surface area contributed by atoms with Crippen LogP contribution < -0.4 is 0 Å². The summed E-state index contributed by atoms with van der Waals surface area (Å²) in [6.07, 6.45) is 38.2. The van der Waals surface area contributed by atoms with Crippen molar-refractivity contribution in [2.75, 3.05) is 27.1 Å². The second kappa shape index (κ2) is 35.4. The van der Waals surface area contributed by atoms with Crippen molar-refractivity contribution < 1.29 is 18.9 Å². The summed E-state index contributed by atoms with van der Waals surface area (Å²) in [5.41, 5.74) is 0. The van der Waals surface area contributed by atoms with E-state index in [0.717, 1.165) is 26.1 Å². The first kappa shape index (κ1) is 38.4. The average Bonchev–Trinajstić information content (AvgIpc) is 2.95. The summed E-state index contributed by atoms with van der Waals surface area (Å²) in [5, 5.41) is 0. The number of methoxy groups -OCH3 is 1. The number of ether oxygens (including phenoxy) is 4. The number of hydrogen-bond donors (Lipinski definition) is 0. The maximum atomic E-state index is 6.19. The van der Waals surface area contributed by atoms with E-state index in [1.54, 1.807) is 13.4 Å². The van der Waals surface area contributed by atoms with Crippen LogP contribution in [0.2, 0.25) is 0 Å². The van der Waals surface area contributed by atoms with Crippen molar-refractivity contribution in [3.63, 3.8) is 0 Å². The van der Waals surface area contributed by atoms with Crippen molar-refractivity contribution >= 4 is 0 Å². The first-order valence-corrected chi connectivity index (χ1v) is 17.3. The molecule has 0 aromatic heterocycles. The van der Waals surface area contributed by atoms with Gasteiger partial charge in [-0.05, 0) is 44.6 Å². The van der Waals surface area contributed by atoms with Gasteiger partial charge in [0.2, 0.25) is 0 Å². The van der Waals surface area contributed by atoms with Crippen molar-refractivity contribution in [3.05, 3.63) is 12.3 Å². The first-order valence-electron chi connectivity index (χ1n) is 17.3. The summed E-state index contributed by atoms with van der Waals surface area (Å²) in [6.45, 7) is 6.65. The molecule has 0 bridgehead atoms. The van der Waals surface area contributed by atoms with Gasteiger partial charge < -0.3 is 18.9 Å². The minimum Gasteiger partial charge on any atom is -0.476 e. The van der Waals surface area contributed by atoms with E-state index in [-0.39, 0.29) is 6.29 Å². The highest BCUT2D eigenvalue weighted by Crippen LogP contribution is 2.16. The zero-order valence-electron chi connectivity index (χ0n) is 26.9. The fourth-order valence-corrected chi connectivity index (χ4v) is 4.99. The first-order chi connectivity index (χ1) is 19.3. The standard InChI is InChI=1S/C35H70O4/c1-4-6-8-10-24-28-32-38-35(39-33-29-25-11-9-7-5-2)30-26-22-20-18-16-14-12-13-15-17-19-21-23-27-31-37-34-36-3/h27,31,35H,4-26,28-30,32-34H2,1-3H3. The lowest BCUT2D eigenvalue weighted by atomic mass is 10.0. The number of allylic oxidation sites excluding steroid dienone is 1. The fraction of sp³-hybridized carbons (Fsp3) is 0.943. The minimum atomic E-state index is 0.0243. The highest BCUT2D eigenvalue weighted by molar-refractivity contribution is 4.72. The number of unbranched alkanes of at least 4 members (excludes halogenated alkanes) is 22. The van der Waals surface area contributed by atoms with Gasteiger partial charge in [-0.1, -0.05) is 142 Å². The third-order valence-electron chi connectivity index (χ3n) is 7.54. The molecule has 0 spiro atoms. The molecule has 0 unspecified atom stereocenters.